The van der Waals surface area contributed by atoms with Gasteiger partial charge in [0.25, 0.3) is 0 Å². The minimum atomic E-state index is -0.280. The molecule has 3 aliphatic heterocycles. The maximum atomic E-state index is 13.5. The first-order valence-corrected chi connectivity index (χ1v) is 14.9. The highest BCUT2D eigenvalue weighted by Crippen LogP contribution is 2.47. The number of hydrogen-bond acceptors (Lipinski definition) is 9. The number of β-amino-alcohol motifs (C(OH)–C–C–N with tert-alkyl or cyclic N) is 1. The number of fused-ring (bicyclic) bond motifs is 1. The van der Waals surface area contributed by atoms with Gasteiger partial charge in [-0.05, 0) is 73.7 Å². The van der Waals surface area contributed by atoms with Crippen molar-refractivity contribution in [2.24, 2.45) is 16.3 Å². The average Bonchev–Trinajstić information content (AvgIpc) is 3.38. The summed E-state index contributed by atoms with van der Waals surface area (Å²) in [5.74, 6) is 0.590. The molecule has 4 heterocycles. The van der Waals surface area contributed by atoms with Crippen molar-refractivity contribution in [1.29, 1.82) is 5.41 Å². The molecule has 3 atom stereocenters. The van der Waals surface area contributed by atoms with Crippen molar-refractivity contribution < 1.29 is 14.2 Å². The molecule has 212 valence electrons. The number of rotatable bonds is 7. The third-order valence-corrected chi connectivity index (χ3v) is 9.48. The summed E-state index contributed by atoms with van der Waals surface area (Å²) in [6.45, 7) is 7.43. The van der Waals surface area contributed by atoms with Crippen LogP contribution in [0.4, 0.5) is 15.9 Å². The van der Waals surface area contributed by atoms with Gasteiger partial charge >= 0.3 is 0 Å². The molecule has 3 saturated heterocycles. The summed E-state index contributed by atoms with van der Waals surface area (Å²) in [6.07, 6.45) is 7.92. The van der Waals surface area contributed by atoms with Crippen molar-refractivity contribution in [2.75, 3.05) is 63.9 Å². The van der Waals surface area contributed by atoms with Crippen LogP contribution >= 0.6 is 11.9 Å². The smallest absolute Gasteiger partial charge is 0.128 e. The number of likely N-dealkylation sites (tertiary alicyclic amines) is 1. The summed E-state index contributed by atoms with van der Waals surface area (Å²) in [5.41, 5.74) is 2.81. The Balaban J connectivity index is 1.24. The Labute approximate surface area is 239 Å². The van der Waals surface area contributed by atoms with Crippen LogP contribution in [0.15, 0.2) is 64.1 Å². The molecule has 4 aliphatic rings. The molecule has 0 saturated carbocycles. The zero-order chi connectivity index (χ0) is 27.5. The number of aromatic nitrogens is 1. The SMILES string of the molecule is N=CC1CC2(CN3CCC(O)C3)CN(Sc3ccc(N4CCOCC4)nc3)CCC2=CC1=Nc1ccc(F)cc1. The van der Waals surface area contributed by atoms with E-state index in [4.69, 9.17) is 20.1 Å². The minimum Gasteiger partial charge on any atom is -0.392 e. The molecule has 1 aromatic heterocycles. The monoisotopic (exact) mass is 564 g/mol. The van der Waals surface area contributed by atoms with E-state index < -0.39 is 0 Å². The lowest BCUT2D eigenvalue weighted by Crippen LogP contribution is -2.52. The molecule has 6 rings (SSSR count). The molecular weight excluding hydrogens is 527 g/mol. The molecule has 10 heteroatoms. The summed E-state index contributed by atoms with van der Waals surface area (Å²) in [5, 5.41) is 18.5. The molecule has 2 aromatic rings. The van der Waals surface area contributed by atoms with Gasteiger partial charge in [0, 0.05) is 80.2 Å². The number of aliphatic hydroxyl groups excluding tert-OH is 1. The highest BCUT2D eigenvalue weighted by Gasteiger charge is 2.46. The first-order valence-electron chi connectivity index (χ1n) is 14.2. The standard InChI is InChI=1S/C30H37FN6O2S/c31-24-1-3-25(4-2-24)34-28-15-23-7-10-37(40-27-5-6-29(33-18-27)36-11-13-39-14-12-36)21-30(23,16-22(28)17-32)20-35-9-8-26(38)19-35/h1-6,15,17-18,22,26,32,38H,7-14,16,19-21H2. The van der Waals surface area contributed by atoms with Crippen LogP contribution < -0.4 is 4.90 Å². The van der Waals surface area contributed by atoms with Crippen LogP contribution in [0.3, 0.4) is 0 Å². The van der Waals surface area contributed by atoms with E-state index in [0.29, 0.717) is 12.2 Å². The van der Waals surface area contributed by atoms with E-state index in [1.807, 2.05) is 6.20 Å². The van der Waals surface area contributed by atoms with Crippen molar-refractivity contribution in [3.05, 3.63) is 60.1 Å². The third kappa shape index (κ3) is 6.16. The van der Waals surface area contributed by atoms with Crippen molar-refractivity contribution in [3.8, 4) is 0 Å². The second kappa shape index (κ2) is 12.1. The van der Waals surface area contributed by atoms with E-state index in [1.165, 1.54) is 23.9 Å². The normalized spacial score (nSPS) is 28.9. The zero-order valence-corrected chi connectivity index (χ0v) is 23.5. The van der Waals surface area contributed by atoms with Crippen LogP contribution in [0.5, 0.6) is 0 Å². The fourth-order valence-corrected chi connectivity index (χ4v) is 7.44. The molecule has 0 radical (unpaired) electrons. The number of ether oxygens (including phenoxy) is 1. The van der Waals surface area contributed by atoms with E-state index in [-0.39, 0.29) is 23.3 Å². The summed E-state index contributed by atoms with van der Waals surface area (Å²) >= 11 is 1.76. The van der Waals surface area contributed by atoms with Crippen molar-refractivity contribution in [3.63, 3.8) is 0 Å². The summed E-state index contributed by atoms with van der Waals surface area (Å²) < 4.78 is 21.4. The summed E-state index contributed by atoms with van der Waals surface area (Å²) in [7, 11) is 0. The zero-order valence-electron chi connectivity index (χ0n) is 22.7. The van der Waals surface area contributed by atoms with Gasteiger partial charge in [-0.2, -0.15) is 0 Å². The number of nitrogens with one attached hydrogen (secondary N) is 1. The molecule has 2 N–H and O–H groups in total. The Morgan fingerprint density at radius 3 is 2.67 bits per heavy atom. The van der Waals surface area contributed by atoms with Crippen molar-refractivity contribution in [2.45, 2.75) is 30.3 Å². The Kier molecular flexibility index (Phi) is 8.32. The lowest BCUT2D eigenvalue weighted by atomic mass is 9.65. The maximum absolute atomic E-state index is 13.5. The fraction of sp³-hybridized carbons (Fsp3) is 0.500. The van der Waals surface area contributed by atoms with E-state index in [0.717, 1.165) is 88.2 Å². The molecule has 1 aromatic carbocycles. The van der Waals surface area contributed by atoms with Gasteiger partial charge in [0.15, 0.2) is 0 Å². The predicted molar refractivity (Wildman–Crippen MR) is 157 cm³/mol. The number of anilines is 1. The van der Waals surface area contributed by atoms with Gasteiger partial charge in [-0.15, -0.1) is 0 Å². The molecule has 0 amide bonds. The average molecular weight is 565 g/mol. The van der Waals surface area contributed by atoms with Gasteiger partial charge in [0.1, 0.15) is 11.6 Å². The molecule has 0 bridgehead atoms. The first kappa shape index (κ1) is 27.5. The number of aliphatic imine (C=N–C) groups is 1. The van der Waals surface area contributed by atoms with Gasteiger partial charge < -0.3 is 20.2 Å². The number of nitrogens with zero attached hydrogens (tertiary/aromatic N) is 5. The Morgan fingerprint density at radius 1 is 1.15 bits per heavy atom. The lowest BCUT2D eigenvalue weighted by molar-refractivity contribution is 0.120. The number of pyridine rings is 1. The number of benzene rings is 1. The van der Waals surface area contributed by atoms with E-state index in [9.17, 15) is 9.50 Å². The number of allylic oxidation sites excluding steroid dienone is 1. The topological polar surface area (TPSA) is 88.3 Å². The Bertz CT molecular complexity index is 1250. The number of aliphatic hydroxyl groups is 1. The van der Waals surface area contributed by atoms with Gasteiger partial charge in [0.05, 0.1) is 25.0 Å². The Hall–Kier alpha value is -2.63. The summed E-state index contributed by atoms with van der Waals surface area (Å²) in [4.78, 5) is 15.4. The molecule has 0 spiro atoms. The number of hydrogen-bond donors (Lipinski definition) is 2. The highest BCUT2D eigenvalue weighted by atomic mass is 32.2. The van der Waals surface area contributed by atoms with E-state index >= 15 is 0 Å². The van der Waals surface area contributed by atoms with E-state index in [2.05, 4.69) is 32.3 Å². The van der Waals surface area contributed by atoms with Crippen molar-refractivity contribution >= 4 is 35.4 Å². The second-order valence-electron chi connectivity index (χ2n) is 11.3. The van der Waals surface area contributed by atoms with Gasteiger partial charge in [-0.3, -0.25) is 9.89 Å². The molecule has 3 unspecified atom stereocenters. The van der Waals surface area contributed by atoms with Gasteiger partial charge in [-0.25, -0.2) is 13.7 Å². The van der Waals surface area contributed by atoms with Crippen LogP contribution in [0.2, 0.25) is 0 Å². The van der Waals surface area contributed by atoms with Crippen LogP contribution in [0, 0.1) is 22.6 Å². The van der Waals surface area contributed by atoms with Crippen LogP contribution in [-0.2, 0) is 4.74 Å². The van der Waals surface area contributed by atoms with Gasteiger partial charge in [-0.1, -0.05) is 5.57 Å². The van der Waals surface area contributed by atoms with Crippen LogP contribution in [0.1, 0.15) is 19.3 Å². The maximum Gasteiger partial charge on any atom is 0.128 e. The Morgan fingerprint density at radius 2 is 1.98 bits per heavy atom. The van der Waals surface area contributed by atoms with E-state index in [1.54, 1.807) is 24.1 Å². The summed E-state index contributed by atoms with van der Waals surface area (Å²) in [6, 6.07) is 10.5. The molecule has 40 heavy (non-hydrogen) atoms. The van der Waals surface area contributed by atoms with Crippen molar-refractivity contribution in [1.82, 2.24) is 14.2 Å². The van der Waals surface area contributed by atoms with Gasteiger partial charge in [0.2, 0.25) is 0 Å². The first-order chi connectivity index (χ1) is 19.5. The largest absolute Gasteiger partial charge is 0.392 e. The highest BCUT2D eigenvalue weighted by molar-refractivity contribution is 7.97. The molecular formula is C30H37FN6O2S. The third-order valence-electron chi connectivity index (χ3n) is 8.45. The lowest BCUT2D eigenvalue weighted by Gasteiger charge is -2.49. The second-order valence-corrected chi connectivity index (χ2v) is 12.4. The number of morpholine rings is 1. The minimum absolute atomic E-state index is 0.124. The molecule has 8 nitrogen and oxygen atoms in total. The quantitative estimate of drug-likeness (QED) is 0.385. The number of piperidine rings is 1. The fourth-order valence-electron chi connectivity index (χ4n) is 6.42. The predicted octanol–water partition coefficient (Wildman–Crippen LogP) is 4.19. The number of halogens is 1. The molecule has 1 aliphatic carbocycles. The van der Waals surface area contributed by atoms with Crippen LogP contribution in [-0.4, -0.2) is 96.4 Å². The molecule has 3 fully saturated rings. The van der Waals surface area contributed by atoms with Crippen LogP contribution in [0.25, 0.3) is 0 Å².